The zero-order valence-electron chi connectivity index (χ0n) is 11.6. The van der Waals surface area contributed by atoms with Crippen LogP contribution in [0.2, 0.25) is 0 Å². The second-order valence-corrected chi connectivity index (χ2v) is 6.02. The van der Waals surface area contributed by atoms with Crippen LogP contribution in [0.25, 0.3) is 0 Å². The molecule has 1 aromatic rings. The minimum absolute atomic E-state index is 0.0321. The van der Waals surface area contributed by atoms with Gasteiger partial charge in [-0.3, -0.25) is 4.79 Å². The maximum atomic E-state index is 12.0. The number of nitrogens with one attached hydrogen (secondary N) is 1. The van der Waals surface area contributed by atoms with E-state index in [0.29, 0.717) is 6.42 Å². The summed E-state index contributed by atoms with van der Waals surface area (Å²) >= 11 is 3.44. The largest absolute Gasteiger partial charge is 0.378 e. The topological polar surface area (TPSA) is 38.3 Å². The van der Waals surface area contributed by atoms with Gasteiger partial charge in [-0.05, 0) is 51.0 Å². The fourth-order valence-electron chi connectivity index (χ4n) is 1.75. The molecule has 18 heavy (non-hydrogen) atoms. The molecular formula is C14H20BrNO2. The average Bonchev–Trinajstić information content (AvgIpc) is 2.22. The van der Waals surface area contributed by atoms with Gasteiger partial charge in [0.25, 0.3) is 0 Å². The molecule has 4 heteroatoms. The molecule has 0 heterocycles. The Hall–Kier alpha value is -0.870. The molecule has 0 fully saturated rings. The quantitative estimate of drug-likeness (QED) is 0.917. The minimum atomic E-state index is -0.443. The predicted molar refractivity (Wildman–Crippen MR) is 78.0 cm³/mol. The fraction of sp³-hybridized carbons (Fsp3) is 0.500. The van der Waals surface area contributed by atoms with Crippen molar-refractivity contribution in [2.45, 2.75) is 39.7 Å². The summed E-state index contributed by atoms with van der Waals surface area (Å²) in [6.45, 7) is 7.76. The summed E-state index contributed by atoms with van der Waals surface area (Å²) in [5.41, 5.74) is 2.53. The third-order valence-electron chi connectivity index (χ3n) is 2.90. The van der Waals surface area contributed by atoms with Crippen LogP contribution in [0.4, 0.5) is 5.69 Å². The molecule has 0 radical (unpaired) electrons. The van der Waals surface area contributed by atoms with Crippen LogP contribution in [0.1, 0.15) is 31.4 Å². The van der Waals surface area contributed by atoms with Gasteiger partial charge in [-0.25, -0.2) is 0 Å². The molecule has 0 aliphatic heterocycles. The van der Waals surface area contributed by atoms with Crippen molar-refractivity contribution in [1.82, 2.24) is 0 Å². The standard InChI is InChI=1S/C14H20BrNO2/c1-9-6-11(15)7-10(2)13(9)16-12(17)8-14(3,4)18-5/h6-7H,8H2,1-5H3,(H,16,17). The average molecular weight is 314 g/mol. The van der Waals surface area contributed by atoms with Crippen LogP contribution >= 0.6 is 15.9 Å². The highest BCUT2D eigenvalue weighted by Crippen LogP contribution is 2.25. The van der Waals surface area contributed by atoms with Gasteiger partial charge in [0.05, 0.1) is 12.0 Å². The first-order valence-electron chi connectivity index (χ1n) is 5.87. The van der Waals surface area contributed by atoms with E-state index in [4.69, 9.17) is 4.74 Å². The molecular weight excluding hydrogens is 294 g/mol. The fourth-order valence-corrected chi connectivity index (χ4v) is 2.44. The Morgan fingerprint density at radius 1 is 1.33 bits per heavy atom. The summed E-state index contributed by atoms with van der Waals surface area (Å²) in [7, 11) is 1.61. The van der Waals surface area contributed by atoms with Crippen LogP contribution in [-0.2, 0) is 9.53 Å². The van der Waals surface area contributed by atoms with Gasteiger partial charge in [-0.15, -0.1) is 0 Å². The first kappa shape index (κ1) is 15.2. The van der Waals surface area contributed by atoms with E-state index in [-0.39, 0.29) is 5.91 Å². The zero-order chi connectivity index (χ0) is 13.9. The number of aryl methyl sites for hydroxylation is 2. The summed E-state index contributed by atoms with van der Waals surface area (Å²) in [4.78, 5) is 12.0. The monoisotopic (exact) mass is 313 g/mol. The van der Waals surface area contributed by atoms with Crippen molar-refractivity contribution in [1.29, 1.82) is 0 Å². The number of rotatable bonds is 4. The van der Waals surface area contributed by atoms with E-state index in [1.54, 1.807) is 7.11 Å². The van der Waals surface area contributed by atoms with E-state index < -0.39 is 5.60 Å². The SMILES string of the molecule is COC(C)(C)CC(=O)Nc1c(C)cc(Br)cc1C. The summed E-state index contributed by atoms with van der Waals surface area (Å²) in [6.07, 6.45) is 0.332. The molecule has 1 aromatic carbocycles. The lowest BCUT2D eigenvalue weighted by Crippen LogP contribution is -2.29. The van der Waals surface area contributed by atoms with Gasteiger partial charge < -0.3 is 10.1 Å². The second kappa shape index (κ2) is 5.85. The van der Waals surface area contributed by atoms with Gasteiger partial charge in [0.15, 0.2) is 0 Å². The molecule has 3 nitrogen and oxygen atoms in total. The third kappa shape index (κ3) is 4.10. The van der Waals surface area contributed by atoms with Gasteiger partial charge in [0.1, 0.15) is 0 Å². The number of hydrogen-bond acceptors (Lipinski definition) is 2. The van der Waals surface area contributed by atoms with Crippen molar-refractivity contribution < 1.29 is 9.53 Å². The molecule has 0 unspecified atom stereocenters. The number of benzene rings is 1. The predicted octanol–water partition coefficient (Wildman–Crippen LogP) is 3.82. The summed E-state index contributed by atoms with van der Waals surface area (Å²) < 4.78 is 6.28. The number of hydrogen-bond donors (Lipinski definition) is 1. The van der Waals surface area contributed by atoms with Crippen LogP contribution in [0.5, 0.6) is 0 Å². The number of methoxy groups -OCH3 is 1. The molecule has 0 saturated heterocycles. The molecule has 0 spiro atoms. The molecule has 0 bridgehead atoms. The summed E-state index contributed by atoms with van der Waals surface area (Å²) in [5, 5.41) is 2.96. The van der Waals surface area contributed by atoms with Crippen molar-refractivity contribution in [3.05, 3.63) is 27.7 Å². The van der Waals surface area contributed by atoms with Gasteiger partial charge in [0, 0.05) is 17.3 Å². The number of halogens is 1. The van der Waals surface area contributed by atoms with Crippen molar-refractivity contribution in [2.75, 3.05) is 12.4 Å². The molecule has 0 atom stereocenters. The number of carbonyl (C=O) groups is 1. The van der Waals surface area contributed by atoms with E-state index in [1.807, 2.05) is 39.8 Å². The first-order valence-corrected chi connectivity index (χ1v) is 6.66. The lowest BCUT2D eigenvalue weighted by molar-refractivity contribution is -0.121. The smallest absolute Gasteiger partial charge is 0.227 e. The summed E-state index contributed by atoms with van der Waals surface area (Å²) in [5.74, 6) is -0.0321. The second-order valence-electron chi connectivity index (χ2n) is 5.10. The molecule has 0 saturated carbocycles. The molecule has 0 aliphatic rings. The Balaban J connectivity index is 2.83. The van der Waals surface area contributed by atoms with Crippen LogP contribution in [0, 0.1) is 13.8 Å². The Morgan fingerprint density at radius 3 is 2.28 bits per heavy atom. The first-order chi connectivity index (χ1) is 8.25. The van der Waals surface area contributed by atoms with E-state index in [9.17, 15) is 4.79 Å². The highest BCUT2D eigenvalue weighted by Gasteiger charge is 2.21. The van der Waals surface area contributed by atoms with Gasteiger partial charge in [-0.1, -0.05) is 15.9 Å². The number of carbonyl (C=O) groups excluding carboxylic acids is 1. The van der Waals surface area contributed by atoms with Crippen molar-refractivity contribution in [2.24, 2.45) is 0 Å². The molecule has 100 valence electrons. The maximum Gasteiger partial charge on any atom is 0.227 e. The van der Waals surface area contributed by atoms with E-state index in [1.165, 1.54) is 0 Å². The highest BCUT2D eigenvalue weighted by atomic mass is 79.9. The maximum absolute atomic E-state index is 12.0. The van der Waals surface area contributed by atoms with E-state index in [2.05, 4.69) is 21.2 Å². The third-order valence-corrected chi connectivity index (χ3v) is 3.36. The Bertz CT molecular complexity index is 432. The van der Waals surface area contributed by atoms with Crippen LogP contribution < -0.4 is 5.32 Å². The molecule has 1 N–H and O–H groups in total. The van der Waals surface area contributed by atoms with Crippen LogP contribution in [0.3, 0.4) is 0 Å². The van der Waals surface area contributed by atoms with Gasteiger partial charge >= 0.3 is 0 Å². The number of anilines is 1. The summed E-state index contributed by atoms with van der Waals surface area (Å²) in [6, 6.07) is 3.98. The zero-order valence-corrected chi connectivity index (χ0v) is 13.1. The van der Waals surface area contributed by atoms with E-state index >= 15 is 0 Å². The highest BCUT2D eigenvalue weighted by molar-refractivity contribution is 9.10. The number of ether oxygens (including phenoxy) is 1. The Kier molecular flexibility index (Phi) is 4.93. The van der Waals surface area contributed by atoms with Crippen molar-refractivity contribution in [3.8, 4) is 0 Å². The van der Waals surface area contributed by atoms with E-state index in [0.717, 1.165) is 21.3 Å². The van der Waals surface area contributed by atoms with Crippen LogP contribution in [0.15, 0.2) is 16.6 Å². The molecule has 1 amide bonds. The van der Waals surface area contributed by atoms with Gasteiger partial charge in [0.2, 0.25) is 5.91 Å². The minimum Gasteiger partial charge on any atom is -0.378 e. The Labute approximate surface area is 117 Å². The lowest BCUT2D eigenvalue weighted by atomic mass is 10.0. The Morgan fingerprint density at radius 2 is 1.83 bits per heavy atom. The van der Waals surface area contributed by atoms with Crippen LogP contribution in [-0.4, -0.2) is 18.6 Å². The van der Waals surface area contributed by atoms with Crippen molar-refractivity contribution in [3.63, 3.8) is 0 Å². The number of amides is 1. The lowest BCUT2D eigenvalue weighted by Gasteiger charge is -2.22. The normalized spacial score (nSPS) is 11.4. The molecule has 1 rings (SSSR count). The molecule has 0 aromatic heterocycles. The van der Waals surface area contributed by atoms with Crippen molar-refractivity contribution >= 4 is 27.5 Å². The van der Waals surface area contributed by atoms with Gasteiger partial charge in [-0.2, -0.15) is 0 Å². The molecule has 0 aliphatic carbocycles.